The van der Waals surface area contributed by atoms with E-state index in [9.17, 15) is 0 Å². The third-order valence-electron chi connectivity index (χ3n) is 3.24. The lowest BCUT2D eigenvalue weighted by atomic mass is 10.0. The van der Waals surface area contributed by atoms with Crippen LogP contribution >= 0.6 is 11.5 Å². The van der Waals surface area contributed by atoms with Gasteiger partial charge in [-0.2, -0.15) is 5.10 Å². The third-order valence-corrected chi connectivity index (χ3v) is 4.09. The lowest BCUT2D eigenvalue weighted by Crippen LogP contribution is -2.25. The van der Waals surface area contributed by atoms with Crippen molar-refractivity contribution in [3.63, 3.8) is 0 Å². The van der Waals surface area contributed by atoms with Gasteiger partial charge in [-0.1, -0.05) is 25.3 Å². The fraction of sp³-hybridized carbons (Fsp3) is 0.692. The molecule has 2 aromatic rings. The minimum absolute atomic E-state index is 0.204. The predicted molar refractivity (Wildman–Crippen MR) is 79.7 cm³/mol. The van der Waals surface area contributed by atoms with Crippen LogP contribution in [0.2, 0.25) is 0 Å². The van der Waals surface area contributed by atoms with Crippen LogP contribution < -0.4 is 5.32 Å². The standard InChI is InChI=1S/C13H22N6S/c1-5-6-14-10(7-11-15-8-16-19(11)4)13-12(9(2)3)17-18-20-13/h8-10,14H,5-7H2,1-4H3. The lowest BCUT2D eigenvalue weighted by molar-refractivity contribution is 0.507. The number of hydrogen-bond donors (Lipinski definition) is 1. The summed E-state index contributed by atoms with van der Waals surface area (Å²) in [6, 6.07) is 0.204. The van der Waals surface area contributed by atoms with Crippen LogP contribution in [0.5, 0.6) is 0 Å². The molecule has 1 N–H and O–H groups in total. The molecule has 0 radical (unpaired) electrons. The molecule has 1 atom stereocenters. The molecule has 0 aliphatic heterocycles. The van der Waals surface area contributed by atoms with Crippen LogP contribution in [-0.4, -0.2) is 30.9 Å². The van der Waals surface area contributed by atoms with Crippen molar-refractivity contribution in [1.29, 1.82) is 0 Å². The molecule has 0 bridgehead atoms. The summed E-state index contributed by atoms with van der Waals surface area (Å²) in [6.45, 7) is 7.44. The third kappa shape index (κ3) is 3.40. The van der Waals surface area contributed by atoms with Crippen molar-refractivity contribution in [3.8, 4) is 0 Å². The molecule has 0 saturated carbocycles. The minimum Gasteiger partial charge on any atom is -0.309 e. The molecule has 0 fully saturated rings. The maximum Gasteiger partial charge on any atom is 0.138 e. The first kappa shape index (κ1) is 15.1. The van der Waals surface area contributed by atoms with Crippen molar-refractivity contribution in [2.24, 2.45) is 7.05 Å². The summed E-state index contributed by atoms with van der Waals surface area (Å²) in [5.41, 5.74) is 1.09. The minimum atomic E-state index is 0.204. The molecule has 0 aliphatic rings. The second-order valence-corrected chi connectivity index (χ2v) is 5.97. The van der Waals surface area contributed by atoms with Crippen LogP contribution in [0, 0.1) is 0 Å². The zero-order valence-electron chi connectivity index (χ0n) is 12.5. The Morgan fingerprint density at radius 1 is 1.40 bits per heavy atom. The summed E-state index contributed by atoms with van der Waals surface area (Å²) < 4.78 is 5.96. The van der Waals surface area contributed by atoms with Gasteiger partial charge in [0.25, 0.3) is 0 Å². The second kappa shape index (κ2) is 6.90. The van der Waals surface area contributed by atoms with E-state index >= 15 is 0 Å². The molecule has 1 unspecified atom stereocenters. The van der Waals surface area contributed by atoms with Gasteiger partial charge in [0, 0.05) is 13.5 Å². The van der Waals surface area contributed by atoms with Gasteiger partial charge >= 0.3 is 0 Å². The molecule has 110 valence electrons. The predicted octanol–water partition coefficient (Wildman–Crippen LogP) is 2.07. The molecule has 0 spiro atoms. The molecule has 0 aromatic carbocycles. The lowest BCUT2D eigenvalue weighted by Gasteiger charge is -2.18. The van der Waals surface area contributed by atoms with Crippen LogP contribution in [-0.2, 0) is 13.5 Å². The van der Waals surface area contributed by atoms with E-state index in [1.165, 1.54) is 16.4 Å². The van der Waals surface area contributed by atoms with Gasteiger partial charge in [-0.3, -0.25) is 4.68 Å². The second-order valence-electron chi connectivity index (χ2n) is 5.19. The monoisotopic (exact) mass is 294 g/mol. The van der Waals surface area contributed by atoms with Crippen LogP contribution in [0.3, 0.4) is 0 Å². The summed E-state index contributed by atoms with van der Waals surface area (Å²) in [4.78, 5) is 5.54. The molecule has 2 heterocycles. The number of aryl methyl sites for hydroxylation is 1. The van der Waals surface area contributed by atoms with Crippen molar-refractivity contribution < 1.29 is 0 Å². The summed E-state index contributed by atoms with van der Waals surface area (Å²) in [5.74, 6) is 1.36. The van der Waals surface area contributed by atoms with Gasteiger partial charge in [0.1, 0.15) is 12.2 Å². The van der Waals surface area contributed by atoms with Crippen LogP contribution in [0.15, 0.2) is 6.33 Å². The van der Waals surface area contributed by atoms with E-state index in [4.69, 9.17) is 0 Å². The van der Waals surface area contributed by atoms with E-state index in [0.717, 1.165) is 30.9 Å². The molecule has 2 rings (SSSR count). The van der Waals surface area contributed by atoms with Crippen molar-refractivity contribution in [2.75, 3.05) is 6.54 Å². The number of aromatic nitrogens is 5. The normalized spacial score (nSPS) is 13.1. The van der Waals surface area contributed by atoms with Crippen molar-refractivity contribution in [3.05, 3.63) is 22.7 Å². The Hall–Kier alpha value is -1.34. The number of nitrogens with one attached hydrogen (secondary N) is 1. The largest absolute Gasteiger partial charge is 0.309 e. The fourth-order valence-corrected chi connectivity index (χ4v) is 2.99. The molecule has 0 saturated heterocycles. The Labute approximate surface area is 123 Å². The van der Waals surface area contributed by atoms with Crippen LogP contribution in [0.4, 0.5) is 0 Å². The molecule has 0 aliphatic carbocycles. The highest BCUT2D eigenvalue weighted by atomic mass is 32.1. The first-order valence-corrected chi connectivity index (χ1v) is 7.79. The van der Waals surface area contributed by atoms with Gasteiger partial charge in [-0.05, 0) is 30.4 Å². The van der Waals surface area contributed by atoms with Gasteiger partial charge in [-0.25, -0.2) is 4.98 Å². The topological polar surface area (TPSA) is 68.5 Å². The maximum atomic E-state index is 4.32. The fourth-order valence-electron chi connectivity index (χ4n) is 2.11. The number of nitrogens with zero attached hydrogens (tertiary/aromatic N) is 5. The SMILES string of the molecule is CCCNC(Cc1ncnn1C)c1snnc1C(C)C. The van der Waals surface area contributed by atoms with Gasteiger partial charge in [0.15, 0.2) is 0 Å². The molecule has 0 amide bonds. The molecular weight excluding hydrogens is 272 g/mol. The Morgan fingerprint density at radius 2 is 2.20 bits per heavy atom. The van der Waals surface area contributed by atoms with Gasteiger partial charge in [0.2, 0.25) is 0 Å². The van der Waals surface area contributed by atoms with Gasteiger partial charge in [-0.15, -0.1) is 5.10 Å². The van der Waals surface area contributed by atoms with Crippen molar-refractivity contribution >= 4 is 11.5 Å². The Morgan fingerprint density at radius 3 is 2.80 bits per heavy atom. The van der Waals surface area contributed by atoms with Crippen LogP contribution in [0.25, 0.3) is 0 Å². The Balaban J connectivity index is 2.22. The highest BCUT2D eigenvalue weighted by Gasteiger charge is 2.22. The highest BCUT2D eigenvalue weighted by molar-refractivity contribution is 7.05. The maximum absolute atomic E-state index is 4.32. The van der Waals surface area contributed by atoms with Crippen molar-refractivity contribution in [1.82, 2.24) is 29.7 Å². The number of rotatable bonds is 7. The molecule has 2 aromatic heterocycles. The number of hydrogen-bond acceptors (Lipinski definition) is 6. The highest BCUT2D eigenvalue weighted by Crippen LogP contribution is 2.28. The van der Waals surface area contributed by atoms with E-state index in [-0.39, 0.29) is 6.04 Å². The summed E-state index contributed by atoms with van der Waals surface area (Å²) in [7, 11) is 1.92. The summed E-state index contributed by atoms with van der Waals surface area (Å²) >= 11 is 1.48. The first-order valence-electron chi connectivity index (χ1n) is 7.01. The van der Waals surface area contributed by atoms with E-state index in [0.29, 0.717) is 5.92 Å². The van der Waals surface area contributed by atoms with Gasteiger partial charge in [0.05, 0.1) is 16.6 Å². The first-order chi connectivity index (χ1) is 9.63. The van der Waals surface area contributed by atoms with Crippen LogP contribution in [0.1, 0.15) is 55.5 Å². The van der Waals surface area contributed by atoms with E-state index in [1.54, 1.807) is 6.33 Å². The molecular formula is C13H22N6S. The average Bonchev–Trinajstić information content (AvgIpc) is 3.03. The van der Waals surface area contributed by atoms with E-state index in [2.05, 4.69) is 45.8 Å². The summed E-state index contributed by atoms with van der Waals surface area (Å²) in [5, 5.41) is 12.0. The van der Waals surface area contributed by atoms with Crippen molar-refractivity contribution in [2.45, 2.75) is 45.6 Å². The van der Waals surface area contributed by atoms with Gasteiger partial charge < -0.3 is 5.32 Å². The van der Waals surface area contributed by atoms with E-state index < -0.39 is 0 Å². The average molecular weight is 294 g/mol. The molecule has 20 heavy (non-hydrogen) atoms. The quantitative estimate of drug-likeness (QED) is 0.846. The zero-order chi connectivity index (χ0) is 14.5. The molecule has 6 nitrogen and oxygen atoms in total. The zero-order valence-corrected chi connectivity index (χ0v) is 13.3. The summed E-state index contributed by atoms with van der Waals surface area (Å²) in [6.07, 6.45) is 3.50. The van der Waals surface area contributed by atoms with E-state index in [1.807, 2.05) is 11.7 Å². The smallest absolute Gasteiger partial charge is 0.138 e. The Kier molecular flexibility index (Phi) is 5.19. The molecule has 7 heteroatoms. The Bertz CT molecular complexity index is 532.